The Labute approximate surface area is 305 Å². The maximum Gasteiger partial charge on any atom is 0.402 e. The minimum atomic E-state index is -4.73. The zero-order valence-electron chi connectivity index (χ0n) is 28.0. The molecule has 3 aromatic rings. The highest BCUT2D eigenvalue weighted by Crippen LogP contribution is 2.37. The van der Waals surface area contributed by atoms with Gasteiger partial charge in [-0.05, 0) is 84.2 Å². The standard InChI is InChI=1S/C28H26BrClF3N3O4.C3H6F2.C2H6.H3PS/c1-15-5-7-17(12-19(15)24(37)36-18-8-9-21(29)23(13-18)40-4)35-25(38)20-11-16(6-10-22(20)30)14-34-26(39)27(2,3)28(31,32)33;1-2-3(4)5;2*1-2/h5-13H,14H2,1-4H3,(H,34,39)(H,35,38)(H,36,37);3H,2H2,1H3;1-2H3;2H,1H2. The first-order chi connectivity index (χ1) is 22.9. The van der Waals surface area contributed by atoms with E-state index in [0.29, 0.717) is 33.8 Å². The second-order valence-electron chi connectivity index (χ2n) is 10.2. The summed E-state index contributed by atoms with van der Waals surface area (Å²) in [5, 5.41) is 7.82. The highest BCUT2D eigenvalue weighted by molar-refractivity contribution is 9.10. The molecule has 0 fully saturated rings. The number of carbonyl (C=O) groups excluding carboxylic acids is 3. The molecule has 0 heterocycles. The molecule has 3 amide bonds. The Morgan fingerprint density at radius 3 is 1.94 bits per heavy atom. The minimum Gasteiger partial charge on any atom is -0.495 e. The molecule has 1 atom stereocenters. The second-order valence-corrected chi connectivity index (χ2v) is 11.5. The Morgan fingerprint density at radius 1 is 0.918 bits per heavy atom. The summed E-state index contributed by atoms with van der Waals surface area (Å²) in [7, 11) is 3.62. The number of hydrogen-bond acceptors (Lipinski definition) is 5. The van der Waals surface area contributed by atoms with Gasteiger partial charge in [-0.1, -0.05) is 52.9 Å². The van der Waals surface area contributed by atoms with Gasteiger partial charge in [0.1, 0.15) is 11.2 Å². The van der Waals surface area contributed by atoms with Gasteiger partial charge in [-0.15, -0.1) is 0 Å². The first-order valence-corrected chi connectivity index (χ1v) is 17.9. The number of halogens is 7. The Hall–Kier alpha value is -2.93. The van der Waals surface area contributed by atoms with Crippen LogP contribution in [0.5, 0.6) is 5.75 Å². The van der Waals surface area contributed by atoms with E-state index in [9.17, 15) is 36.3 Å². The monoisotopic (exact) mass is 815 g/mol. The summed E-state index contributed by atoms with van der Waals surface area (Å²) in [6.45, 7) is 8.53. The maximum atomic E-state index is 13.1. The van der Waals surface area contributed by atoms with Crippen molar-refractivity contribution >= 4 is 77.3 Å². The van der Waals surface area contributed by atoms with Crippen LogP contribution in [-0.2, 0) is 11.3 Å². The number of aryl methyl sites for hydroxylation is 1. The Bertz CT molecular complexity index is 1550. The van der Waals surface area contributed by atoms with Crippen molar-refractivity contribution in [3.63, 3.8) is 0 Å². The van der Waals surface area contributed by atoms with Gasteiger partial charge in [0.05, 0.1) is 22.2 Å². The predicted molar refractivity (Wildman–Crippen MR) is 197 cm³/mol. The molecule has 7 nitrogen and oxygen atoms in total. The van der Waals surface area contributed by atoms with Crippen LogP contribution in [0.1, 0.15) is 72.9 Å². The van der Waals surface area contributed by atoms with Crippen LogP contribution in [-0.4, -0.2) is 37.4 Å². The fraction of sp³-hybridized carbons (Fsp3) is 0.364. The lowest BCUT2D eigenvalue weighted by atomic mass is 9.91. The van der Waals surface area contributed by atoms with Gasteiger partial charge >= 0.3 is 6.18 Å². The molecule has 16 heteroatoms. The molecular weight excluding hydrogens is 776 g/mol. The molecule has 0 spiro atoms. The smallest absolute Gasteiger partial charge is 0.402 e. The molecule has 3 rings (SSSR count). The molecule has 49 heavy (non-hydrogen) atoms. The fourth-order valence-corrected chi connectivity index (χ4v) is 4.08. The molecule has 0 aliphatic rings. The lowest BCUT2D eigenvalue weighted by Crippen LogP contribution is -2.46. The summed E-state index contributed by atoms with van der Waals surface area (Å²) in [5.74, 6) is -1.68. The van der Waals surface area contributed by atoms with E-state index in [2.05, 4.69) is 52.6 Å². The molecule has 1 unspecified atom stereocenters. The number of hydrogen-bond donors (Lipinski definition) is 4. The number of rotatable bonds is 9. The van der Waals surface area contributed by atoms with Gasteiger partial charge in [-0.3, -0.25) is 14.4 Å². The SMILES string of the molecule is CC.CCC(F)F.COc1cc(NC(=O)c2cc(NC(=O)c3cc(CNC(=O)C(C)(C)C(F)(F)F)ccc3Cl)ccc2C)ccc1Br.PS. The highest BCUT2D eigenvalue weighted by Gasteiger charge is 2.52. The van der Waals surface area contributed by atoms with Gasteiger partial charge in [0, 0.05) is 36.0 Å². The Kier molecular flexibility index (Phi) is 20.7. The van der Waals surface area contributed by atoms with E-state index in [0.717, 1.165) is 18.3 Å². The van der Waals surface area contributed by atoms with Crippen LogP contribution in [0.25, 0.3) is 0 Å². The summed E-state index contributed by atoms with van der Waals surface area (Å²) in [6, 6.07) is 14.2. The van der Waals surface area contributed by atoms with Crippen molar-refractivity contribution < 1.29 is 41.1 Å². The van der Waals surface area contributed by atoms with E-state index < -0.39 is 35.7 Å². The summed E-state index contributed by atoms with van der Waals surface area (Å²) in [6.07, 6.45) is -6.87. The van der Waals surface area contributed by atoms with Crippen LogP contribution in [0.2, 0.25) is 5.02 Å². The molecule has 3 N–H and O–H groups in total. The minimum absolute atomic E-state index is 0.0278. The molecule has 0 radical (unpaired) electrons. The van der Waals surface area contributed by atoms with E-state index in [1.54, 1.807) is 37.3 Å². The summed E-state index contributed by atoms with van der Waals surface area (Å²) < 4.78 is 66.9. The number of thiol groups is 1. The van der Waals surface area contributed by atoms with Crippen LogP contribution in [0.3, 0.4) is 0 Å². The number of alkyl halides is 5. The third kappa shape index (κ3) is 14.4. The number of nitrogens with one attached hydrogen (secondary N) is 3. The molecule has 0 aromatic heterocycles. The number of amides is 3. The third-order valence-electron chi connectivity index (χ3n) is 6.46. The molecule has 0 saturated heterocycles. The summed E-state index contributed by atoms with van der Waals surface area (Å²) >= 11 is 13.0. The summed E-state index contributed by atoms with van der Waals surface area (Å²) in [4.78, 5) is 38.1. The zero-order valence-corrected chi connectivity index (χ0v) is 32.4. The Morgan fingerprint density at radius 2 is 1.43 bits per heavy atom. The fourth-order valence-electron chi connectivity index (χ4n) is 3.47. The molecule has 0 bridgehead atoms. The lowest BCUT2D eigenvalue weighted by molar-refractivity contribution is -0.211. The van der Waals surface area contributed by atoms with Crippen molar-refractivity contribution in [1.29, 1.82) is 0 Å². The average molecular weight is 817 g/mol. The lowest BCUT2D eigenvalue weighted by Gasteiger charge is -2.26. The average Bonchev–Trinajstić information content (AvgIpc) is 3.07. The second kappa shape index (κ2) is 22.0. The number of carbonyl (C=O) groups is 3. The van der Waals surface area contributed by atoms with E-state index >= 15 is 0 Å². The molecular formula is C33H41BrClF5N3O4PS. The first-order valence-electron chi connectivity index (χ1n) is 14.7. The molecule has 3 aromatic carbocycles. The normalized spacial score (nSPS) is 10.6. The predicted octanol–water partition coefficient (Wildman–Crippen LogP) is 10.5. The van der Waals surface area contributed by atoms with Crippen LogP contribution in [0.15, 0.2) is 59.1 Å². The van der Waals surface area contributed by atoms with Gasteiger partial charge in [0.2, 0.25) is 12.3 Å². The van der Waals surface area contributed by atoms with Gasteiger partial charge in [0.25, 0.3) is 11.8 Å². The van der Waals surface area contributed by atoms with Crippen molar-refractivity contribution in [2.24, 2.45) is 5.41 Å². The van der Waals surface area contributed by atoms with Gasteiger partial charge in [0.15, 0.2) is 0 Å². The molecule has 0 saturated carbocycles. The van der Waals surface area contributed by atoms with Crippen molar-refractivity contribution in [3.8, 4) is 5.75 Å². The number of benzene rings is 3. The van der Waals surface area contributed by atoms with Gasteiger partial charge in [-0.2, -0.15) is 25.4 Å². The third-order valence-corrected chi connectivity index (χ3v) is 7.45. The van der Waals surface area contributed by atoms with Crippen molar-refractivity contribution in [2.75, 3.05) is 17.7 Å². The van der Waals surface area contributed by atoms with Crippen LogP contribution < -0.4 is 20.7 Å². The van der Waals surface area contributed by atoms with Gasteiger partial charge < -0.3 is 20.7 Å². The highest BCUT2D eigenvalue weighted by atomic mass is 79.9. The van der Waals surface area contributed by atoms with Crippen molar-refractivity contribution in [2.45, 2.75) is 67.1 Å². The Balaban J connectivity index is 0.00000230. The van der Waals surface area contributed by atoms with Crippen molar-refractivity contribution in [3.05, 3.63) is 86.3 Å². The quantitative estimate of drug-likeness (QED) is 0.0983. The van der Waals surface area contributed by atoms with Crippen LogP contribution in [0.4, 0.5) is 33.3 Å². The van der Waals surface area contributed by atoms with E-state index in [-0.39, 0.29) is 23.6 Å². The topological polar surface area (TPSA) is 96.5 Å². The zero-order chi connectivity index (χ0) is 38.1. The van der Waals surface area contributed by atoms with Crippen LogP contribution in [0, 0.1) is 12.3 Å². The number of ether oxygens (including phenoxy) is 1. The van der Waals surface area contributed by atoms with Gasteiger partial charge in [-0.25, -0.2) is 8.78 Å². The first kappa shape index (κ1) is 46.1. The summed E-state index contributed by atoms with van der Waals surface area (Å²) in [5.41, 5.74) is -0.374. The number of anilines is 2. The van der Waals surface area contributed by atoms with Crippen molar-refractivity contribution in [1.82, 2.24) is 5.32 Å². The van der Waals surface area contributed by atoms with Crippen LogP contribution >= 0.6 is 48.2 Å². The maximum absolute atomic E-state index is 13.1. The van der Waals surface area contributed by atoms with E-state index in [1.165, 1.54) is 38.3 Å². The number of methoxy groups -OCH3 is 1. The molecule has 0 aliphatic carbocycles. The largest absolute Gasteiger partial charge is 0.495 e. The van der Waals surface area contributed by atoms with E-state index in [4.69, 9.17) is 16.3 Å². The molecule has 272 valence electrons. The van der Waals surface area contributed by atoms with E-state index in [1.807, 2.05) is 13.8 Å². The molecule has 0 aliphatic heterocycles.